The number of anilines is 1. The maximum absolute atomic E-state index is 14.0. The van der Waals surface area contributed by atoms with E-state index in [2.05, 4.69) is 47.7 Å². The zero-order chi connectivity index (χ0) is 33.0. The van der Waals surface area contributed by atoms with Crippen molar-refractivity contribution in [3.63, 3.8) is 0 Å². The third-order valence-electron chi connectivity index (χ3n) is 8.91. The van der Waals surface area contributed by atoms with Gasteiger partial charge in [0.05, 0.1) is 28.7 Å². The summed E-state index contributed by atoms with van der Waals surface area (Å²) in [6.45, 7) is 8.09. The fourth-order valence-corrected chi connectivity index (χ4v) is 6.39. The molecule has 1 fully saturated rings. The molecule has 1 aromatic carbocycles. The lowest BCUT2D eigenvalue weighted by Crippen LogP contribution is -2.58. The first-order valence-corrected chi connectivity index (χ1v) is 15.8. The molecule has 3 aromatic rings. The van der Waals surface area contributed by atoms with Crippen molar-refractivity contribution in [3.05, 3.63) is 94.8 Å². The Morgan fingerprint density at radius 2 is 1.80 bits per heavy atom. The van der Waals surface area contributed by atoms with Crippen LogP contribution < -0.4 is 4.90 Å². The number of unbranched alkanes of at least 4 members (excludes halogenated alkanes) is 2. The topological polar surface area (TPSA) is 68.5 Å². The van der Waals surface area contributed by atoms with Gasteiger partial charge in [0, 0.05) is 45.0 Å². The van der Waals surface area contributed by atoms with Gasteiger partial charge in [-0.25, -0.2) is 9.37 Å². The third kappa shape index (κ3) is 7.03. The first-order valence-electron chi connectivity index (χ1n) is 15.8. The summed E-state index contributed by atoms with van der Waals surface area (Å²) in [5, 5.41) is 9.66. The largest absolute Gasteiger partial charge is 0.417 e. The second-order valence-electron chi connectivity index (χ2n) is 12.0. The minimum absolute atomic E-state index is 0.0394. The highest BCUT2D eigenvalue weighted by Crippen LogP contribution is 2.40. The normalized spacial score (nSPS) is 21.0. The molecule has 244 valence electrons. The Labute approximate surface area is 268 Å². The summed E-state index contributed by atoms with van der Waals surface area (Å²) in [7, 11) is 1.96. The van der Waals surface area contributed by atoms with Gasteiger partial charge in [-0.1, -0.05) is 38.8 Å². The molecule has 2 aliphatic heterocycles. The Bertz CT molecular complexity index is 1550. The van der Waals surface area contributed by atoms with Crippen molar-refractivity contribution in [2.75, 3.05) is 31.6 Å². The van der Waals surface area contributed by atoms with Gasteiger partial charge in [0.1, 0.15) is 23.3 Å². The molecule has 11 heteroatoms. The quantitative estimate of drug-likeness (QED) is 0.170. The Balaban J connectivity index is 1.51. The number of piperazine rings is 1. The molecule has 4 heterocycles. The second-order valence-corrected chi connectivity index (χ2v) is 12.0. The molecule has 46 heavy (non-hydrogen) atoms. The molecule has 0 aliphatic carbocycles. The van der Waals surface area contributed by atoms with Crippen LogP contribution in [-0.4, -0.2) is 64.8 Å². The molecule has 1 saturated heterocycles. The van der Waals surface area contributed by atoms with E-state index in [-0.39, 0.29) is 18.3 Å². The van der Waals surface area contributed by atoms with Crippen LogP contribution in [0.25, 0.3) is 5.70 Å². The van der Waals surface area contributed by atoms with E-state index in [0.29, 0.717) is 36.8 Å². The van der Waals surface area contributed by atoms with Crippen molar-refractivity contribution in [1.29, 1.82) is 5.26 Å². The average Bonchev–Trinajstić information content (AvgIpc) is 3.05. The van der Waals surface area contributed by atoms with E-state index in [4.69, 9.17) is 9.72 Å². The Morgan fingerprint density at radius 3 is 2.43 bits per heavy atom. The van der Waals surface area contributed by atoms with Crippen LogP contribution in [0.5, 0.6) is 0 Å². The minimum Gasteiger partial charge on any atom is -0.364 e. The predicted octanol–water partition coefficient (Wildman–Crippen LogP) is 7.40. The highest BCUT2D eigenvalue weighted by molar-refractivity contribution is 5.77. The SMILES string of the molecule is CCCCCOC1C=C(N2C[C@@H](CC)N(C(c3ccc(F)cc3)c3ccc(C(F)(F)F)cn3)C[C@@H]2C)c2nc(C#N)ccc2N1C. The lowest BCUT2D eigenvalue weighted by atomic mass is 9.94. The third-order valence-corrected chi connectivity index (χ3v) is 8.91. The number of fused-ring (bicyclic) bond motifs is 1. The molecule has 4 atom stereocenters. The maximum atomic E-state index is 14.0. The van der Waals surface area contributed by atoms with Crippen molar-refractivity contribution < 1.29 is 22.3 Å². The van der Waals surface area contributed by atoms with E-state index in [9.17, 15) is 22.8 Å². The number of pyridine rings is 2. The van der Waals surface area contributed by atoms with E-state index in [0.717, 1.165) is 54.9 Å². The van der Waals surface area contributed by atoms with Gasteiger partial charge in [0.25, 0.3) is 0 Å². The van der Waals surface area contributed by atoms with E-state index in [1.54, 1.807) is 18.2 Å². The minimum atomic E-state index is -4.50. The Morgan fingerprint density at radius 1 is 1.04 bits per heavy atom. The smallest absolute Gasteiger partial charge is 0.364 e. The summed E-state index contributed by atoms with van der Waals surface area (Å²) in [5.74, 6) is -0.392. The number of hydrogen-bond acceptors (Lipinski definition) is 7. The number of rotatable bonds is 10. The van der Waals surface area contributed by atoms with Crippen LogP contribution >= 0.6 is 0 Å². The molecule has 0 spiro atoms. The lowest BCUT2D eigenvalue weighted by Gasteiger charge is -2.50. The van der Waals surface area contributed by atoms with Crippen molar-refractivity contribution in [2.24, 2.45) is 0 Å². The maximum Gasteiger partial charge on any atom is 0.417 e. The molecule has 5 rings (SSSR count). The number of benzene rings is 1. The fraction of sp³-hybridized carbons (Fsp3) is 0.457. The molecule has 0 amide bonds. The van der Waals surface area contributed by atoms with Crippen LogP contribution in [-0.2, 0) is 10.9 Å². The van der Waals surface area contributed by atoms with Gasteiger partial charge >= 0.3 is 6.18 Å². The molecule has 2 aliphatic rings. The number of nitriles is 1. The molecular formula is C35H40F4N6O. The second kappa shape index (κ2) is 14.2. The van der Waals surface area contributed by atoms with Crippen LogP contribution in [0.15, 0.2) is 60.8 Å². The summed E-state index contributed by atoms with van der Waals surface area (Å²) in [6, 6.07) is 13.8. The van der Waals surface area contributed by atoms with Gasteiger partial charge in [0.15, 0.2) is 6.23 Å². The zero-order valence-corrected chi connectivity index (χ0v) is 26.6. The number of aromatic nitrogens is 2. The monoisotopic (exact) mass is 636 g/mol. The Kier molecular flexibility index (Phi) is 10.3. The highest BCUT2D eigenvalue weighted by atomic mass is 19.4. The number of alkyl halides is 3. The summed E-state index contributed by atoms with van der Waals surface area (Å²) in [4.78, 5) is 15.6. The van der Waals surface area contributed by atoms with Crippen molar-refractivity contribution in [1.82, 2.24) is 19.8 Å². The number of ether oxygens (including phenoxy) is 1. The van der Waals surface area contributed by atoms with E-state index >= 15 is 0 Å². The van der Waals surface area contributed by atoms with Gasteiger partial charge in [-0.05, 0) is 67.8 Å². The first kappa shape index (κ1) is 33.4. The zero-order valence-electron chi connectivity index (χ0n) is 26.6. The molecule has 0 N–H and O–H groups in total. The highest BCUT2D eigenvalue weighted by Gasteiger charge is 2.40. The molecule has 7 nitrogen and oxygen atoms in total. The fourth-order valence-electron chi connectivity index (χ4n) is 6.39. The van der Waals surface area contributed by atoms with Gasteiger partial charge in [0.2, 0.25) is 0 Å². The Hall–Kier alpha value is -4.01. The van der Waals surface area contributed by atoms with E-state index in [1.165, 1.54) is 18.2 Å². The van der Waals surface area contributed by atoms with Crippen LogP contribution in [0.4, 0.5) is 23.2 Å². The van der Waals surface area contributed by atoms with Gasteiger partial charge in [-0.3, -0.25) is 9.88 Å². The lowest BCUT2D eigenvalue weighted by molar-refractivity contribution is -0.137. The van der Waals surface area contributed by atoms with Crippen molar-refractivity contribution >= 4 is 11.4 Å². The van der Waals surface area contributed by atoms with Crippen LogP contribution in [0, 0.1) is 17.1 Å². The molecular weight excluding hydrogens is 596 g/mol. The summed E-state index contributed by atoms with van der Waals surface area (Å²) in [5.41, 5.74) is 3.19. The van der Waals surface area contributed by atoms with Gasteiger partial charge < -0.3 is 14.5 Å². The first-order chi connectivity index (χ1) is 22.0. The number of halogens is 4. The average molecular weight is 637 g/mol. The van der Waals surface area contributed by atoms with Crippen LogP contribution in [0.2, 0.25) is 0 Å². The molecule has 2 aromatic heterocycles. The standard InChI is InChI=1S/C35H40F4N6O/c1-5-7-8-17-46-32-18-31(33-30(43(32)4)16-14-27(19-40)42-33)44-22-28(6-2)45(21-23(44)3)34(24-9-12-26(36)13-10-24)29-15-11-25(20-41-29)35(37,38)39/h9-16,18,20,23,28,32,34H,5-8,17,21-22H2,1-4H3/t23-,28+,32?,34?/m0/s1. The summed E-state index contributed by atoms with van der Waals surface area (Å²) >= 11 is 0. The molecule has 2 unspecified atom stereocenters. The molecule has 0 saturated carbocycles. The number of nitrogens with zero attached hydrogens (tertiary/aromatic N) is 6. The van der Waals surface area contributed by atoms with Gasteiger partial charge in [-0.15, -0.1) is 0 Å². The number of likely N-dealkylation sites (N-methyl/N-ethyl adjacent to an activating group) is 1. The van der Waals surface area contributed by atoms with Crippen LogP contribution in [0.3, 0.4) is 0 Å². The molecule has 0 radical (unpaired) electrons. The van der Waals surface area contributed by atoms with Crippen LogP contribution in [0.1, 0.15) is 80.7 Å². The van der Waals surface area contributed by atoms with Crippen molar-refractivity contribution in [3.8, 4) is 6.07 Å². The number of hydrogen-bond donors (Lipinski definition) is 0. The van der Waals surface area contributed by atoms with Crippen molar-refractivity contribution in [2.45, 2.75) is 77.0 Å². The predicted molar refractivity (Wildman–Crippen MR) is 169 cm³/mol. The van der Waals surface area contributed by atoms with E-state index in [1.807, 2.05) is 18.0 Å². The molecule has 0 bridgehead atoms. The van der Waals surface area contributed by atoms with Gasteiger partial charge in [-0.2, -0.15) is 18.4 Å². The summed E-state index contributed by atoms with van der Waals surface area (Å²) in [6.07, 6.45) is 2.00. The van der Waals surface area contributed by atoms with E-state index < -0.39 is 23.6 Å². The summed E-state index contributed by atoms with van der Waals surface area (Å²) < 4.78 is 60.5.